The number of H-pyrrole nitrogens is 1. The number of aliphatic hydroxyl groups is 1. The van der Waals surface area contributed by atoms with Crippen LogP contribution in [0.4, 0.5) is 5.69 Å². The Bertz CT molecular complexity index is 937. The minimum atomic E-state index is -0.147. The van der Waals surface area contributed by atoms with Crippen LogP contribution in [0.15, 0.2) is 29.6 Å². The summed E-state index contributed by atoms with van der Waals surface area (Å²) in [5, 5.41) is 22.9. The highest BCUT2D eigenvalue weighted by molar-refractivity contribution is 7.17. The highest BCUT2D eigenvalue weighted by atomic mass is 32.1. The van der Waals surface area contributed by atoms with E-state index < -0.39 is 0 Å². The number of thiophene rings is 1. The summed E-state index contributed by atoms with van der Waals surface area (Å²) >= 11 is 1.74. The van der Waals surface area contributed by atoms with E-state index in [0.29, 0.717) is 6.61 Å². The van der Waals surface area contributed by atoms with Crippen molar-refractivity contribution >= 4 is 27.2 Å². The number of likely N-dealkylation sites (tertiary alicyclic amines) is 1. The molecule has 3 aromatic rings. The van der Waals surface area contributed by atoms with E-state index in [1.54, 1.807) is 11.3 Å². The molecule has 2 aliphatic rings. The summed E-state index contributed by atoms with van der Waals surface area (Å²) < 4.78 is 7.19. The number of nitrogens with one attached hydrogen (secondary N) is 2. The third-order valence-corrected chi connectivity index (χ3v) is 6.43. The molecule has 0 aliphatic carbocycles. The van der Waals surface area contributed by atoms with Crippen LogP contribution in [0.25, 0.3) is 10.2 Å². The second kappa shape index (κ2) is 7.14. The first kappa shape index (κ1) is 17.0. The van der Waals surface area contributed by atoms with E-state index in [9.17, 15) is 5.11 Å². The third kappa shape index (κ3) is 3.42. The quantitative estimate of drug-likeness (QED) is 0.569. The number of β-amino-alcohol motifs (C(OH)–C–C–N with tert-alkyl or cyclic N) is 1. The summed E-state index contributed by atoms with van der Waals surface area (Å²) in [6.07, 6.45) is 2.67. The summed E-state index contributed by atoms with van der Waals surface area (Å²) in [6.45, 7) is 3.48. The van der Waals surface area contributed by atoms with E-state index in [-0.39, 0.29) is 12.1 Å². The van der Waals surface area contributed by atoms with E-state index in [1.165, 1.54) is 10.3 Å². The van der Waals surface area contributed by atoms with Crippen molar-refractivity contribution in [2.75, 3.05) is 31.6 Å². The number of hydrogen-bond donors (Lipinski definition) is 3. The molecule has 0 spiro atoms. The smallest absolute Gasteiger partial charge is 0.121 e. The van der Waals surface area contributed by atoms with E-state index in [0.717, 1.165) is 61.5 Å². The van der Waals surface area contributed by atoms with E-state index in [2.05, 4.69) is 50.1 Å². The number of fused-ring (bicyclic) bond motifs is 2. The van der Waals surface area contributed by atoms with Gasteiger partial charge in [-0.3, -0.25) is 5.10 Å². The van der Waals surface area contributed by atoms with Gasteiger partial charge in [-0.05, 0) is 35.9 Å². The van der Waals surface area contributed by atoms with Gasteiger partial charge in [0.2, 0.25) is 0 Å². The van der Waals surface area contributed by atoms with Gasteiger partial charge in [0.1, 0.15) is 11.4 Å². The molecule has 6 nitrogen and oxygen atoms in total. The molecule has 0 bridgehead atoms. The molecule has 142 valence electrons. The van der Waals surface area contributed by atoms with Crippen LogP contribution < -0.4 is 10.1 Å². The lowest BCUT2D eigenvalue weighted by molar-refractivity contribution is 0.173. The number of rotatable bonds is 6. The molecule has 1 saturated heterocycles. The maximum absolute atomic E-state index is 9.57. The SMILES string of the molecule is OC1CCN(CCCOc2ccc3c(c2)NC(c2n[nH]c4ccsc24)C3)C1. The van der Waals surface area contributed by atoms with Crippen molar-refractivity contribution in [3.05, 3.63) is 40.9 Å². The molecule has 0 amide bonds. The molecule has 0 radical (unpaired) electrons. The minimum Gasteiger partial charge on any atom is -0.493 e. The summed E-state index contributed by atoms with van der Waals surface area (Å²) in [5.41, 5.74) is 4.67. The number of hydrogen-bond acceptors (Lipinski definition) is 6. The van der Waals surface area contributed by atoms with E-state index in [4.69, 9.17) is 4.74 Å². The fourth-order valence-corrected chi connectivity index (χ4v) is 4.97. The maximum atomic E-state index is 9.57. The Morgan fingerprint density at radius 2 is 2.30 bits per heavy atom. The Morgan fingerprint density at radius 1 is 1.33 bits per heavy atom. The van der Waals surface area contributed by atoms with Gasteiger partial charge in [-0.15, -0.1) is 11.3 Å². The van der Waals surface area contributed by atoms with E-state index >= 15 is 0 Å². The Morgan fingerprint density at radius 3 is 3.19 bits per heavy atom. The summed E-state index contributed by atoms with van der Waals surface area (Å²) in [6, 6.07) is 8.62. The monoisotopic (exact) mass is 384 g/mol. The van der Waals surface area contributed by atoms with Gasteiger partial charge in [0.15, 0.2) is 0 Å². The molecule has 1 fully saturated rings. The zero-order chi connectivity index (χ0) is 18.2. The van der Waals surface area contributed by atoms with Gasteiger partial charge in [-0.1, -0.05) is 6.07 Å². The van der Waals surface area contributed by atoms with Gasteiger partial charge in [0.25, 0.3) is 0 Å². The van der Waals surface area contributed by atoms with Crippen molar-refractivity contribution in [2.45, 2.75) is 31.4 Å². The van der Waals surface area contributed by atoms with Crippen LogP contribution in [0.2, 0.25) is 0 Å². The van der Waals surface area contributed by atoms with Gasteiger partial charge < -0.3 is 20.1 Å². The molecule has 7 heteroatoms. The molecule has 0 saturated carbocycles. The van der Waals surface area contributed by atoms with Crippen molar-refractivity contribution in [3.8, 4) is 5.75 Å². The van der Waals surface area contributed by atoms with Gasteiger partial charge in [-0.2, -0.15) is 5.10 Å². The van der Waals surface area contributed by atoms with Crippen molar-refractivity contribution in [2.24, 2.45) is 0 Å². The lowest BCUT2D eigenvalue weighted by atomic mass is 10.1. The maximum Gasteiger partial charge on any atom is 0.121 e. The number of anilines is 1. The van der Waals surface area contributed by atoms with Crippen LogP contribution in [-0.2, 0) is 6.42 Å². The standard InChI is InChI=1S/C20H24N4O2S/c25-14-4-7-24(12-14)6-1-8-26-15-3-2-13-10-18(21-17(13)11-15)19-20-16(22-23-19)5-9-27-20/h2-3,5,9,11,14,18,21,25H,1,4,6-8,10,12H2,(H,22,23). The molecule has 2 atom stereocenters. The van der Waals surface area contributed by atoms with Crippen molar-refractivity contribution in [3.63, 3.8) is 0 Å². The normalized spacial score (nSPS) is 22.3. The molecular weight excluding hydrogens is 360 g/mol. The minimum absolute atomic E-state index is 0.147. The first-order valence-electron chi connectivity index (χ1n) is 9.60. The first-order valence-corrected chi connectivity index (χ1v) is 10.5. The van der Waals surface area contributed by atoms with Crippen LogP contribution >= 0.6 is 11.3 Å². The van der Waals surface area contributed by atoms with Crippen molar-refractivity contribution in [1.82, 2.24) is 15.1 Å². The van der Waals surface area contributed by atoms with E-state index in [1.807, 2.05) is 0 Å². The summed E-state index contributed by atoms with van der Waals surface area (Å²) in [5.74, 6) is 0.909. The van der Waals surface area contributed by atoms with Gasteiger partial charge in [-0.25, -0.2) is 0 Å². The molecule has 2 aromatic heterocycles. The molecule has 3 N–H and O–H groups in total. The number of aliphatic hydroxyl groups excluding tert-OH is 1. The average molecular weight is 385 g/mol. The topological polar surface area (TPSA) is 73.4 Å². The molecular formula is C20H24N4O2S. The predicted octanol–water partition coefficient (Wildman–Crippen LogP) is 3.17. The summed E-state index contributed by atoms with van der Waals surface area (Å²) in [4.78, 5) is 2.30. The Kier molecular flexibility index (Phi) is 4.51. The number of aromatic amines is 1. The van der Waals surface area contributed by atoms with Crippen LogP contribution in [0, 0.1) is 0 Å². The number of aromatic nitrogens is 2. The molecule has 5 rings (SSSR count). The molecule has 2 aliphatic heterocycles. The van der Waals surface area contributed by atoms with Crippen LogP contribution in [0.1, 0.15) is 30.1 Å². The average Bonchev–Trinajstić information content (AvgIpc) is 3.41. The lowest BCUT2D eigenvalue weighted by Gasteiger charge is -2.15. The van der Waals surface area contributed by atoms with Gasteiger partial charge in [0.05, 0.1) is 29.0 Å². The highest BCUT2D eigenvalue weighted by Crippen LogP contribution is 2.38. The molecule has 1 aromatic carbocycles. The number of ether oxygens (including phenoxy) is 1. The second-order valence-electron chi connectivity index (χ2n) is 7.44. The van der Waals surface area contributed by atoms with Crippen LogP contribution in [-0.4, -0.2) is 52.5 Å². The Labute approximate surface area is 162 Å². The fourth-order valence-electron chi connectivity index (χ4n) is 4.08. The van der Waals surface area contributed by atoms with Crippen molar-refractivity contribution < 1.29 is 9.84 Å². The van der Waals surface area contributed by atoms with Gasteiger partial charge in [0, 0.05) is 37.8 Å². The van der Waals surface area contributed by atoms with Crippen LogP contribution in [0.5, 0.6) is 5.75 Å². The zero-order valence-electron chi connectivity index (χ0n) is 15.1. The largest absolute Gasteiger partial charge is 0.493 e. The highest BCUT2D eigenvalue weighted by Gasteiger charge is 2.26. The summed E-state index contributed by atoms with van der Waals surface area (Å²) in [7, 11) is 0. The molecule has 2 unspecified atom stereocenters. The number of nitrogens with zero attached hydrogens (tertiary/aromatic N) is 2. The zero-order valence-corrected chi connectivity index (χ0v) is 16.0. The first-order chi connectivity index (χ1) is 13.3. The number of benzene rings is 1. The molecule has 4 heterocycles. The predicted molar refractivity (Wildman–Crippen MR) is 108 cm³/mol. The van der Waals surface area contributed by atoms with Crippen molar-refractivity contribution in [1.29, 1.82) is 0 Å². The molecule has 27 heavy (non-hydrogen) atoms. The Balaban J connectivity index is 1.18. The Hall–Kier alpha value is -2.09. The third-order valence-electron chi connectivity index (χ3n) is 5.49. The lowest BCUT2D eigenvalue weighted by Crippen LogP contribution is -2.24. The van der Waals surface area contributed by atoms with Gasteiger partial charge >= 0.3 is 0 Å². The fraction of sp³-hybridized carbons (Fsp3) is 0.450. The van der Waals surface area contributed by atoms with Crippen LogP contribution in [0.3, 0.4) is 0 Å². The second-order valence-corrected chi connectivity index (χ2v) is 8.35.